The highest BCUT2D eigenvalue weighted by molar-refractivity contribution is 5.81. The van der Waals surface area contributed by atoms with Crippen molar-refractivity contribution in [1.29, 1.82) is 0 Å². The fourth-order valence-electron chi connectivity index (χ4n) is 2.45. The number of hydrogen-bond acceptors (Lipinski definition) is 3. The van der Waals surface area contributed by atoms with Gasteiger partial charge in [-0.05, 0) is 18.8 Å². The Bertz CT molecular complexity index is 261. The van der Waals surface area contributed by atoms with Gasteiger partial charge in [0.2, 0.25) is 5.91 Å². The molecule has 0 radical (unpaired) electrons. The summed E-state index contributed by atoms with van der Waals surface area (Å²) in [6.45, 7) is 4.34. The smallest absolute Gasteiger partial charge is 0.237 e. The Labute approximate surface area is 110 Å². The lowest BCUT2D eigenvalue weighted by Crippen LogP contribution is -2.50. The van der Waals surface area contributed by atoms with Gasteiger partial charge in [-0.15, -0.1) is 0 Å². The van der Waals surface area contributed by atoms with Gasteiger partial charge in [-0.2, -0.15) is 0 Å². The van der Waals surface area contributed by atoms with Crippen molar-refractivity contribution in [3.05, 3.63) is 0 Å². The molecule has 0 aromatic carbocycles. The van der Waals surface area contributed by atoms with E-state index in [1.54, 1.807) is 0 Å². The van der Waals surface area contributed by atoms with Crippen LogP contribution in [0.3, 0.4) is 0 Å². The first-order valence-electron chi connectivity index (χ1n) is 7.24. The van der Waals surface area contributed by atoms with E-state index >= 15 is 0 Å². The van der Waals surface area contributed by atoms with Crippen LogP contribution >= 0.6 is 0 Å². The van der Waals surface area contributed by atoms with Crippen LogP contribution in [0.5, 0.6) is 0 Å². The van der Waals surface area contributed by atoms with Gasteiger partial charge in [0.1, 0.15) is 0 Å². The van der Waals surface area contributed by atoms with Gasteiger partial charge in [0.05, 0.1) is 11.6 Å². The van der Waals surface area contributed by atoms with Crippen LogP contribution in [0.4, 0.5) is 0 Å². The largest absolute Gasteiger partial charge is 0.388 e. The van der Waals surface area contributed by atoms with Crippen LogP contribution < -0.4 is 11.1 Å². The van der Waals surface area contributed by atoms with Crippen LogP contribution in [0.15, 0.2) is 0 Å². The van der Waals surface area contributed by atoms with Crippen LogP contribution in [0.1, 0.15) is 58.8 Å². The second-order valence-electron chi connectivity index (χ2n) is 5.77. The SMILES string of the molecule is CCC(C)C(N)C(=O)NCC1(O)CCCCCC1. The Morgan fingerprint density at radius 2 is 1.89 bits per heavy atom. The molecule has 1 saturated carbocycles. The van der Waals surface area contributed by atoms with Crippen LogP contribution in [-0.4, -0.2) is 29.2 Å². The molecule has 1 aliphatic rings. The number of aliphatic hydroxyl groups is 1. The van der Waals surface area contributed by atoms with Gasteiger partial charge in [-0.3, -0.25) is 4.79 Å². The normalized spacial score (nSPS) is 22.9. The van der Waals surface area contributed by atoms with Crippen molar-refractivity contribution in [3.63, 3.8) is 0 Å². The molecule has 1 amide bonds. The summed E-state index contributed by atoms with van der Waals surface area (Å²) in [5, 5.41) is 13.2. The molecular weight excluding hydrogens is 228 g/mol. The minimum atomic E-state index is -0.721. The summed E-state index contributed by atoms with van der Waals surface area (Å²) in [5.41, 5.74) is 5.15. The van der Waals surface area contributed by atoms with Gasteiger partial charge in [-0.25, -0.2) is 0 Å². The lowest BCUT2D eigenvalue weighted by atomic mass is 9.94. The van der Waals surface area contributed by atoms with Gasteiger partial charge in [0, 0.05) is 6.54 Å². The molecule has 1 rings (SSSR count). The Kier molecular flexibility index (Phi) is 6.09. The van der Waals surface area contributed by atoms with E-state index in [2.05, 4.69) is 5.32 Å². The van der Waals surface area contributed by atoms with Crippen LogP contribution in [0.2, 0.25) is 0 Å². The molecule has 0 aliphatic heterocycles. The Morgan fingerprint density at radius 3 is 2.39 bits per heavy atom. The van der Waals surface area contributed by atoms with E-state index in [-0.39, 0.29) is 11.8 Å². The molecule has 0 bridgehead atoms. The summed E-state index contributed by atoms with van der Waals surface area (Å²) in [4.78, 5) is 11.9. The highest BCUT2D eigenvalue weighted by Crippen LogP contribution is 2.26. The Morgan fingerprint density at radius 1 is 1.33 bits per heavy atom. The summed E-state index contributed by atoms with van der Waals surface area (Å²) in [7, 11) is 0. The number of nitrogens with two attached hydrogens (primary N) is 1. The standard InChI is InChI=1S/C14H28N2O2/c1-3-11(2)12(15)13(17)16-10-14(18)8-6-4-5-7-9-14/h11-12,18H,3-10,15H2,1-2H3,(H,16,17). The zero-order valence-electron chi connectivity index (χ0n) is 11.7. The quantitative estimate of drug-likeness (QED) is 0.653. The monoisotopic (exact) mass is 256 g/mol. The maximum absolute atomic E-state index is 11.9. The molecule has 1 fully saturated rings. The lowest BCUT2D eigenvalue weighted by Gasteiger charge is -2.28. The van der Waals surface area contributed by atoms with Gasteiger partial charge < -0.3 is 16.2 Å². The van der Waals surface area contributed by atoms with Crippen molar-refractivity contribution >= 4 is 5.91 Å². The topological polar surface area (TPSA) is 75.4 Å². The van der Waals surface area contributed by atoms with E-state index in [0.29, 0.717) is 6.54 Å². The molecule has 18 heavy (non-hydrogen) atoms. The number of rotatable bonds is 5. The second-order valence-corrected chi connectivity index (χ2v) is 5.77. The van der Waals surface area contributed by atoms with Crippen molar-refractivity contribution < 1.29 is 9.90 Å². The third-order valence-corrected chi connectivity index (χ3v) is 4.19. The zero-order valence-corrected chi connectivity index (χ0v) is 11.7. The van der Waals surface area contributed by atoms with E-state index in [1.807, 2.05) is 13.8 Å². The maximum Gasteiger partial charge on any atom is 0.237 e. The van der Waals surface area contributed by atoms with Gasteiger partial charge >= 0.3 is 0 Å². The van der Waals surface area contributed by atoms with Crippen LogP contribution in [0.25, 0.3) is 0 Å². The summed E-state index contributed by atoms with van der Waals surface area (Å²) < 4.78 is 0. The first kappa shape index (κ1) is 15.4. The molecule has 0 aromatic rings. The first-order chi connectivity index (χ1) is 8.48. The molecule has 0 saturated heterocycles. The first-order valence-corrected chi connectivity index (χ1v) is 7.24. The molecule has 4 heteroatoms. The zero-order chi connectivity index (χ0) is 13.6. The summed E-state index contributed by atoms with van der Waals surface area (Å²) in [6.07, 6.45) is 6.91. The molecule has 4 nitrogen and oxygen atoms in total. The lowest BCUT2D eigenvalue weighted by molar-refractivity contribution is -0.124. The molecule has 2 atom stereocenters. The second kappa shape index (κ2) is 7.10. The summed E-state index contributed by atoms with van der Waals surface area (Å²) in [5.74, 6) is 0.0378. The molecule has 1 aliphatic carbocycles. The van der Waals surface area contributed by atoms with E-state index in [0.717, 1.165) is 32.1 Å². The number of carbonyl (C=O) groups is 1. The third kappa shape index (κ3) is 4.58. The van der Waals surface area contributed by atoms with Crippen molar-refractivity contribution in [2.75, 3.05) is 6.54 Å². The number of nitrogens with one attached hydrogen (secondary N) is 1. The van der Waals surface area contributed by atoms with E-state index < -0.39 is 11.6 Å². The molecule has 2 unspecified atom stereocenters. The molecular formula is C14H28N2O2. The molecule has 4 N–H and O–H groups in total. The number of amides is 1. The summed E-state index contributed by atoms with van der Waals surface area (Å²) in [6, 6.07) is -0.468. The van der Waals surface area contributed by atoms with Crippen molar-refractivity contribution in [2.24, 2.45) is 11.7 Å². The third-order valence-electron chi connectivity index (χ3n) is 4.19. The molecule has 0 spiro atoms. The minimum absolute atomic E-state index is 0.137. The molecule has 0 heterocycles. The predicted molar refractivity (Wildman–Crippen MR) is 73.1 cm³/mol. The van der Waals surface area contributed by atoms with Crippen LogP contribution in [-0.2, 0) is 4.79 Å². The molecule has 0 aromatic heterocycles. The number of hydrogen-bond donors (Lipinski definition) is 3. The highest BCUT2D eigenvalue weighted by Gasteiger charge is 2.29. The van der Waals surface area contributed by atoms with Gasteiger partial charge in [0.15, 0.2) is 0 Å². The maximum atomic E-state index is 11.9. The predicted octanol–water partition coefficient (Wildman–Crippen LogP) is 1.56. The number of carbonyl (C=O) groups excluding carboxylic acids is 1. The van der Waals surface area contributed by atoms with Gasteiger partial charge in [-0.1, -0.05) is 46.0 Å². The fourth-order valence-corrected chi connectivity index (χ4v) is 2.45. The average Bonchev–Trinajstić information content (AvgIpc) is 2.59. The van der Waals surface area contributed by atoms with Crippen molar-refractivity contribution in [1.82, 2.24) is 5.32 Å². The van der Waals surface area contributed by atoms with Crippen molar-refractivity contribution in [3.8, 4) is 0 Å². The Hall–Kier alpha value is -0.610. The average molecular weight is 256 g/mol. The summed E-state index contributed by atoms with van der Waals surface area (Å²) >= 11 is 0. The fraction of sp³-hybridized carbons (Fsp3) is 0.929. The van der Waals surface area contributed by atoms with E-state index in [9.17, 15) is 9.90 Å². The minimum Gasteiger partial charge on any atom is -0.388 e. The van der Waals surface area contributed by atoms with Crippen molar-refractivity contribution in [2.45, 2.75) is 70.4 Å². The van der Waals surface area contributed by atoms with Crippen LogP contribution in [0, 0.1) is 5.92 Å². The Balaban J connectivity index is 2.40. The highest BCUT2D eigenvalue weighted by atomic mass is 16.3. The molecule has 106 valence electrons. The van der Waals surface area contributed by atoms with Gasteiger partial charge in [0.25, 0.3) is 0 Å². The van der Waals surface area contributed by atoms with E-state index in [4.69, 9.17) is 5.73 Å². The van der Waals surface area contributed by atoms with E-state index in [1.165, 1.54) is 12.8 Å².